The van der Waals surface area contributed by atoms with Crippen molar-refractivity contribution in [2.75, 3.05) is 36.1 Å². The number of hydrogen-bond donors (Lipinski definition) is 1. The number of sulfone groups is 1. The van der Waals surface area contributed by atoms with Gasteiger partial charge in [0.05, 0.1) is 11.9 Å². The average Bonchev–Trinajstić information content (AvgIpc) is 2.88. The van der Waals surface area contributed by atoms with Crippen LogP contribution in [0.3, 0.4) is 0 Å². The Morgan fingerprint density at radius 2 is 2.24 bits per heavy atom. The minimum atomic E-state index is -3.36. The van der Waals surface area contributed by atoms with E-state index < -0.39 is 9.84 Å². The number of aromatic nitrogens is 1. The summed E-state index contributed by atoms with van der Waals surface area (Å²) in [6.45, 7) is 5.97. The summed E-state index contributed by atoms with van der Waals surface area (Å²) in [6.07, 6.45) is 3.14. The summed E-state index contributed by atoms with van der Waals surface area (Å²) in [5.41, 5.74) is 5.79. The second kappa shape index (κ2) is 6.93. The van der Waals surface area contributed by atoms with E-state index in [-0.39, 0.29) is 22.6 Å². The number of ether oxygens (including phenoxy) is 1. The molecular weight excluding hydrogens is 310 g/mol. The minimum Gasteiger partial charge on any atom is -0.382 e. The fourth-order valence-electron chi connectivity index (χ4n) is 2.47. The maximum Gasteiger partial charge on any atom is 0.184 e. The lowest BCUT2D eigenvalue weighted by molar-refractivity contribution is 0.0441. The van der Waals surface area contributed by atoms with Crippen molar-refractivity contribution in [3.63, 3.8) is 0 Å². The molecule has 1 aromatic rings. The first-order valence-corrected chi connectivity index (χ1v) is 9.76. The van der Waals surface area contributed by atoms with E-state index >= 15 is 0 Å². The molecule has 0 spiro atoms. The monoisotopic (exact) mass is 333 g/mol. The maximum atomic E-state index is 12.2. The largest absolute Gasteiger partial charge is 0.382 e. The molecule has 8 heteroatoms. The lowest BCUT2D eigenvalue weighted by Crippen LogP contribution is -2.40. The first kappa shape index (κ1) is 16.5. The van der Waals surface area contributed by atoms with Gasteiger partial charge < -0.3 is 15.4 Å². The van der Waals surface area contributed by atoms with Gasteiger partial charge in [0.2, 0.25) is 0 Å². The summed E-state index contributed by atoms with van der Waals surface area (Å²) in [4.78, 5) is 2.26. The van der Waals surface area contributed by atoms with Gasteiger partial charge in [-0.15, -0.1) is 0 Å². The maximum absolute atomic E-state index is 12.2. The Bertz CT molecular complexity index is 571. The molecule has 0 saturated carbocycles. The second-order valence-corrected chi connectivity index (χ2v) is 8.15. The Morgan fingerprint density at radius 3 is 2.90 bits per heavy atom. The van der Waals surface area contributed by atoms with Crippen molar-refractivity contribution in [1.82, 2.24) is 4.37 Å². The van der Waals surface area contributed by atoms with Crippen LogP contribution in [-0.4, -0.2) is 44.3 Å². The zero-order chi connectivity index (χ0) is 15.5. The van der Waals surface area contributed by atoms with Gasteiger partial charge in [-0.2, -0.15) is 4.37 Å². The van der Waals surface area contributed by atoms with Crippen LogP contribution >= 0.6 is 11.5 Å². The van der Waals surface area contributed by atoms with Crippen molar-refractivity contribution >= 4 is 32.2 Å². The molecule has 1 saturated heterocycles. The summed E-state index contributed by atoms with van der Waals surface area (Å²) in [5, 5.41) is 0.666. The SMILES string of the molecule is CCCOC1CCCN(c2snc(N)c2S(=O)(=O)CC)C1. The molecule has 1 unspecified atom stereocenters. The predicted octanol–water partition coefficient (Wildman–Crippen LogP) is 1.91. The highest BCUT2D eigenvalue weighted by Gasteiger charge is 2.30. The molecule has 0 aromatic carbocycles. The Labute approximate surface area is 130 Å². The summed E-state index contributed by atoms with van der Waals surface area (Å²) >= 11 is 1.17. The first-order valence-electron chi connectivity index (χ1n) is 7.34. The van der Waals surface area contributed by atoms with Crippen LogP contribution in [0.2, 0.25) is 0 Å². The van der Waals surface area contributed by atoms with Crippen LogP contribution in [0.25, 0.3) is 0 Å². The van der Waals surface area contributed by atoms with Crippen LogP contribution in [0.5, 0.6) is 0 Å². The number of nitrogens with zero attached hydrogens (tertiary/aromatic N) is 2. The van der Waals surface area contributed by atoms with Crippen molar-refractivity contribution in [3.05, 3.63) is 0 Å². The van der Waals surface area contributed by atoms with Gasteiger partial charge >= 0.3 is 0 Å². The Balaban J connectivity index is 2.22. The van der Waals surface area contributed by atoms with Gasteiger partial charge in [0, 0.05) is 19.7 Å². The summed E-state index contributed by atoms with van der Waals surface area (Å²) in [5.74, 6) is 0.153. The van der Waals surface area contributed by atoms with Crippen molar-refractivity contribution in [3.8, 4) is 0 Å². The fraction of sp³-hybridized carbons (Fsp3) is 0.769. The highest BCUT2D eigenvalue weighted by molar-refractivity contribution is 7.91. The Hall–Kier alpha value is -0.860. The zero-order valence-electron chi connectivity index (χ0n) is 12.5. The number of rotatable bonds is 6. The standard InChI is InChI=1S/C13H23N3O3S2/c1-3-8-19-10-6-5-7-16(9-10)13-11(12(14)15-20-13)21(17,18)4-2/h10H,3-9H2,1-2H3,(H2,14,15). The first-order chi connectivity index (χ1) is 9.99. The van der Waals surface area contributed by atoms with E-state index in [0.29, 0.717) is 11.5 Å². The average molecular weight is 333 g/mol. The Kier molecular flexibility index (Phi) is 5.45. The van der Waals surface area contributed by atoms with Crippen LogP contribution in [0.1, 0.15) is 33.1 Å². The van der Waals surface area contributed by atoms with Crippen LogP contribution in [0.15, 0.2) is 4.90 Å². The molecule has 1 aliphatic heterocycles. The van der Waals surface area contributed by atoms with Gasteiger partial charge in [-0.1, -0.05) is 13.8 Å². The van der Waals surface area contributed by atoms with Crippen LogP contribution in [0.4, 0.5) is 10.8 Å². The number of anilines is 2. The molecule has 2 N–H and O–H groups in total. The molecule has 1 fully saturated rings. The summed E-state index contributed by atoms with van der Waals surface area (Å²) in [6, 6.07) is 0. The van der Waals surface area contributed by atoms with Crippen LogP contribution < -0.4 is 10.6 Å². The van der Waals surface area contributed by atoms with Gasteiger partial charge in [-0.05, 0) is 30.8 Å². The molecule has 1 atom stereocenters. The van der Waals surface area contributed by atoms with E-state index in [0.717, 1.165) is 32.4 Å². The number of nitrogen functional groups attached to an aromatic ring is 1. The van der Waals surface area contributed by atoms with Gasteiger partial charge in [0.15, 0.2) is 15.7 Å². The lowest BCUT2D eigenvalue weighted by Gasteiger charge is -2.33. The molecule has 21 heavy (non-hydrogen) atoms. The highest BCUT2D eigenvalue weighted by atomic mass is 32.2. The third-order valence-electron chi connectivity index (χ3n) is 3.57. The molecule has 2 rings (SSSR count). The topological polar surface area (TPSA) is 85.5 Å². The quantitative estimate of drug-likeness (QED) is 0.856. The molecule has 2 heterocycles. The normalized spacial score (nSPS) is 19.9. The van der Waals surface area contributed by atoms with Crippen LogP contribution in [-0.2, 0) is 14.6 Å². The van der Waals surface area contributed by atoms with Gasteiger partial charge in [0.25, 0.3) is 0 Å². The third-order valence-corrected chi connectivity index (χ3v) is 6.41. The molecule has 0 bridgehead atoms. The molecule has 0 amide bonds. The van der Waals surface area contributed by atoms with Gasteiger partial charge in [-0.25, -0.2) is 8.42 Å². The Morgan fingerprint density at radius 1 is 1.48 bits per heavy atom. The van der Waals surface area contributed by atoms with E-state index in [1.807, 2.05) is 0 Å². The van der Waals surface area contributed by atoms with E-state index in [9.17, 15) is 8.42 Å². The van der Waals surface area contributed by atoms with Crippen molar-refractivity contribution in [1.29, 1.82) is 0 Å². The number of hydrogen-bond acceptors (Lipinski definition) is 7. The molecule has 1 aliphatic rings. The predicted molar refractivity (Wildman–Crippen MR) is 85.7 cm³/mol. The second-order valence-electron chi connectivity index (χ2n) is 5.19. The molecular formula is C13H23N3O3S2. The van der Waals surface area contributed by atoms with Crippen LogP contribution in [0, 0.1) is 0 Å². The highest BCUT2D eigenvalue weighted by Crippen LogP contribution is 2.36. The summed E-state index contributed by atoms with van der Waals surface area (Å²) < 4.78 is 34.3. The van der Waals surface area contributed by atoms with Gasteiger partial charge in [-0.3, -0.25) is 0 Å². The zero-order valence-corrected chi connectivity index (χ0v) is 14.2. The van der Waals surface area contributed by atoms with Crippen molar-refractivity contribution in [2.24, 2.45) is 0 Å². The minimum absolute atomic E-state index is 0.0339. The lowest BCUT2D eigenvalue weighted by atomic mass is 10.1. The molecule has 0 aliphatic carbocycles. The summed E-state index contributed by atoms with van der Waals surface area (Å²) in [7, 11) is -3.36. The molecule has 0 radical (unpaired) electrons. The fourth-order valence-corrected chi connectivity index (χ4v) is 4.81. The van der Waals surface area contributed by atoms with E-state index in [1.165, 1.54) is 11.5 Å². The van der Waals surface area contributed by atoms with E-state index in [1.54, 1.807) is 6.92 Å². The smallest absolute Gasteiger partial charge is 0.184 e. The molecule has 1 aromatic heterocycles. The number of nitrogens with two attached hydrogens (primary N) is 1. The van der Waals surface area contributed by atoms with E-state index in [2.05, 4.69) is 16.2 Å². The van der Waals surface area contributed by atoms with Crippen molar-refractivity contribution < 1.29 is 13.2 Å². The van der Waals surface area contributed by atoms with Crippen molar-refractivity contribution in [2.45, 2.75) is 44.1 Å². The molecule has 120 valence electrons. The van der Waals surface area contributed by atoms with E-state index in [4.69, 9.17) is 10.5 Å². The van der Waals surface area contributed by atoms with Gasteiger partial charge in [0.1, 0.15) is 9.90 Å². The third kappa shape index (κ3) is 3.67. The molecule has 6 nitrogen and oxygen atoms in total. The number of piperidine rings is 1.